The zero-order valence-electron chi connectivity index (χ0n) is 16.3. The molecule has 0 bridgehead atoms. The Balaban J connectivity index is 1.93. The molecule has 0 fully saturated rings. The van der Waals surface area contributed by atoms with Crippen LogP contribution in [0.25, 0.3) is 0 Å². The predicted molar refractivity (Wildman–Crippen MR) is 103 cm³/mol. The second-order valence-corrected chi connectivity index (χ2v) is 6.66. The highest BCUT2D eigenvalue weighted by Crippen LogP contribution is 2.19. The van der Waals surface area contributed by atoms with Gasteiger partial charge in [-0.2, -0.15) is 5.10 Å². The number of carbonyl (C=O) groups excluding carboxylic acids is 2. The Kier molecular flexibility index (Phi) is 6.15. The van der Waals surface area contributed by atoms with Crippen molar-refractivity contribution in [3.05, 3.63) is 41.2 Å². The van der Waals surface area contributed by atoms with Crippen LogP contribution in [0.5, 0.6) is 0 Å². The number of aryl methyl sites for hydroxylation is 3. The third kappa shape index (κ3) is 4.70. The minimum Gasteiger partial charge on any atom is -0.325 e. The van der Waals surface area contributed by atoms with Gasteiger partial charge < -0.3 is 10.6 Å². The van der Waals surface area contributed by atoms with Gasteiger partial charge >= 0.3 is 0 Å². The highest BCUT2D eigenvalue weighted by Gasteiger charge is 2.22. The van der Waals surface area contributed by atoms with Gasteiger partial charge in [0.15, 0.2) is 0 Å². The first kappa shape index (κ1) is 19.7. The normalized spacial score (nSPS) is 12.1. The minimum atomic E-state index is -0.460. The SMILES string of the molecule is Cc1ccc(NC(=O)CN(C)[C@H](C)C(=O)Nc2c(C)nn(C)c2C)cc1. The molecular formula is C19H27N5O2. The number of hydrogen-bond acceptors (Lipinski definition) is 4. The summed E-state index contributed by atoms with van der Waals surface area (Å²) in [4.78, 5) is 26.4. The van der Waals surface area contributed by atoms with Crippen molar-refractivity contribution in [2.24, 2.45) is 7.05 Å². The molecule has 0 aliphatic heterocycles. The highest BCUT2D eigenvalue weighted by atomic mass is 16.2. The molecule has 2 rings (SSSR count). The molecule has 1 aromatic heterocycles. The number of hydrogen-bond donors (Lipinski definition) is 2. The van der Waals surface area contributed by atoms with Gasteiger partial charge in [0, 0.05) is 12.7 Å². The number of nitrogens with one attached hydrogen (secondary N) is 2. The van der Waals surface area contributed by atoms with Crippen molar-refractivity contribution in [2.75, 3.05) is 24.2 Å². The molecule has 0 saturated heterocycles. The van der Waals surface area contributed by atoms with Crippen LogP contribution < -0.4 is 10.6 Å². The topological polar surface area (TPSA) is 79.3 Å². The zero-order chi connectivity index (χ0) is 19.4. The Labute approximate surface area is 154 Å². The highest BCUT2D eigenvalue weighted by molar-refractivity contribution is 5.96. The van der Waals surface area contributed by atoms with Crippen molar-refractivity contribution in [3.8, 4) is 0 Å². The van der Waals surface area contributed by atoms with E-state index in [1.165, 1.54) is 0 Å². The van der Waals surface area contributed by atoms with E-state index in [9.17, 15) is 9.59 Å². The van der Waals surface area contributed by atoms with E-state index >= 15 is 0 Å². The second kappa shape index (κ2) is 8.14. The average Bonchev–Trinajstić information content (AvgIpc) is 2.82. The van der Waals surface area contributed by atoms with Gasteiger partial charge in [0.1, 0.15) is 0 Å². The fraction of sp³-hybridized carbons (Fsp3) is 0.421. The van der Waals surface area contributed by atoms with Gasteiger partial charge in [0.05, 0.1) is 29.7 Å². The van der Waals surface area contributed by atoms with Gasteiger partial charge in [-0.05, 0) is 46.9 Å². The van der Waals surface area contributed by atoms with Crippen molar-refractivity contribution in [1.82, 2.24) is 14.7 Å². The van der Waals surface area contributed by atoms with E-state index < -0.39 is 6.04 Å². The molecule has 1 aromatic carbocycles. The minimum absolute atomic E-state index is 0.119. The lowest BCUT2D eigenvalue weighted by Crippen LogP contribution is -2.43. The van der Waals surface area contributed by atoms with E-state index in [1.807, 2.05) is 52.1 Å². The number of rotatable bonds is 6. The van der Waals surface area contributed by atoms with Gasteiger partial charge in [-0.15, -0.1) is 0 Å². The standard InChI is InChI=1S/C19H27N5O2/c1-12-7-9-16(10-8-12)20-17(25)11-23(5)15(4)19(26)21-18-13(2)22-24(6)14(18)3/h7-10,15H,11H2,1-6H3,(H,20,25)(H,21,26)/t15-/m1/s1. The summed E-state index contributed by atoms with van der Waals surface area (Å²) in [6.45, 7) is 7.64. The van der Waals surface area contributed by atoms with Crippen LogP contribution in [-0.2, 0) is 16.6 Å². The van der Waals surface area contributed by atoms with Crippen LogP contribution in [0.2, 0.25) is 0 Å². The number of nitrogens with zero attached hydrogens (tertiary/aromatic N) is 3. The number of likely N-dealkylation sites (N-methyl/N-ethyl adjacent to an activating group) is 1. The number of benzene rings is 1. The van der Waals surface area contributed by atoms with Gasteiger partial charge in [0.2, 0.25) is 11.8 Å². The van der Waals surface area contributed by atoms with Crippen LogP contribution >= 0.6 is 0 Å². The summed E-state index contributed by atoms with van der Waals surface area (Å²) in [6.07, 6.45) is 0. The lowest BCUT2D eigenvalue weighted by Gasteiger charge is -2.23. The Hall–Kier alpha value is -2.67. The maximum absolute atomic E-state index is 12.5. The Morgan fingerprint density at radius 1 is 1.15 bits per heavy atom. The molecule has 0 radical (unpaired) electrons. The summed E-state index contributed by atoms with van der Waals surface area (Å²) in [6, 6.07) is 7.13. The molecule has 1 heterocycles. The van der Waals surface area contributed by atoms with E-state index in [4.69, 9.17) is 0 Å². The molecule has 7 heteroatoms. The first-order valence-corrected chi connectivity index (χ1v) is 8.57. The van der Waals surface area contributed by atoms with Crippen molar-refractivity contribution in [1.29, 1.82) is 0 Å². The molecule has 1 atom stereocenters. The summed E-state index contributed by atoms with van der Waals surface area (Å²) in [5.74, 6) is -0.334. The molecule has 2 aromatic rings. The number of anilines is 2. The van der Waals surface area contributed by atoms with E-state index in [0.29, 0.717) is 0 Å². The van der Waals surface area contributed by atoms with E-state index in [0.717, 1.165) is 28.3 Å². The summed E-state index contributed by atoms with van der Waals surface area (Å²) < 4.78 is 1.73. The summed E-state index contributed by atoms with van der Waals surface area (Å²) in [5.41, 5.74) is 4.26. The molecule has 140 valence electrons. The average molecular weight is 357 g/mol. The molecule has 2 N–H and O–H groups in total. The van der Waals surface area contributed by atoms with E-state index in [1.54, 1.807) is 23.6 Å². The summed E-state index contributed by atoms with van der Waals surface area (Å²) >= 11 is 0. The fourth-order valence-corrected chi connectivity index (χ4v) is 2.58. The smallest absolute Gasteiger partial charge is 0.241 e. The predicted octanol–water partition coefficient (Wildman–Crippen LogP) is 2.24. The fourth-order valence-electron chi connectivity index (χ4n) is 2.58. The molecule has 0 saturated carbocycles. The Morgan fingerprint density at radius 3 is 2.31 bits per heavy atom. The first-order valence-electron chi connectivity index (χ1n) is 8.57. The van der Waals surface area contributed by atoms with Crippen molar-refractivity contribution < 1.29 is 9.59 Å². The van der Waals surface area contributed by atoms with Crippen LogP contribution in [0.3, 0.4) is 0 Å². The summed E-state index contributed by atoms with van der Waals surface area (Å²) in [5, 5.41) is 10.0. The Morgan fingerprint density at radius 2 is 1.77 bits per heavy atom. The lowest BCUT2D eigenvalue weighted by molar-refractivity contribution is -0.122. The van der Waals surface area contributed by atoms with Gasteiger partial charge in [0.25, 0.3) is 0 Å². The molecule has 0 aliphatic carbocycles. The van der Waals surface area contributed by atoms with Crippen LogP contribution in [0.1, 0.15) is 23.9 Å². The third-order valence-electron chi connectivity index (χ3n) is 4.53. The molecule has 26 heavy (non-hydrogen) atoms. The van der Waals surface area contributed by atoms with Crippen molar-refractivity contribution in [2.45, 2.75) is 33.7 Å². The second-order valence-electron chi connectivity index (χ2n) is 6.66. The van der Waals surface area contributed by atoms with Crippen LogP contribution in [0, 0.1) is 20.8 Å². The first-order chi connectivity index (χ1) is 12.2. The van der Waals surface area contributed by atoms with Gasteiger partial charge in [-0.1, -0.05) is 17.7 Å². The molecule has 0 spiro atoms. The lowest BCUT2D eigenvalue weighted by atomic mass is 10.2. The van der Waals surface area contributed by atoms with Crippen molar-refractivity contribution in [3.63, 3.8) is 0 Å². The summed E-state index contributed by atoms with van der Waals surface area (Å²) in [7, 11) is 3.59. The van der Waals surface area contributed by atoms with Gasteiger partial charge in [-0.3, -0.25) is 19.2 Å². The monoisotopic (exact) mass is 357 g/mol. The molecule has 0 unspecified atom stereocenters. The van der Waals surface area contributed by atoms with Gasteiger partial charge in [-0.25, -0.2) is 0 Å². The molecular weight excluding hydrogens is 330 g/mol. The quantitative estimate of drug-likeness (QED) is 0.831. The van der Waals surface area contributed by atoms with Crippen LogP contribution in [0.4, 0.5) is 11.4 Å². The number of amides is 2. The number of aromatic nitrogens is 2. The number of carbonyl (C=O) groups is 2. The van der Waals surface area contributed by atoms with Crippen LogP contribution in [0.15, 0.2) is 24.3 Å². The third-order valence-corrected chi connectivity index (χ3v) is 4.53. The zero-order valence-corrected chi connectivity index (χ0v) is 16.3. The van der Waals surface area contributed by atoms with Crippen LogP contribution in [-0.4, -0.2) is 46.1 Å². The largest absolute Gasteiger partial charge is 0.325 e. The Bertz CT molecular complexity index is 795. The van der Waals surface area contributed by atoms with E-state index in [2.05, 4.69) is 15.7 Å². The molecule has 2 amide bonds. The maximum atomic E-state index is 12.5. The molecule has 0 aliphatic rings. The maximum Gasteiger partial charge on any atom is 0.241 e. The van der Waals surface area contributed by atoms with E-state index in [-0.39, 0.29) is 18.4 Å². The van der Waals surface area contributed by atoms with Crippen molar-refractivity contribution >= 4 is 23.2 Å². The molecule has 7 nitrogen and oxygen atoms in total.